The highest BCUT2D eigenvalue weighted by Crippen LogP contribution is 2.25. The minimum Gasteiger partial charge on any atom is -0.373 e. The van der Waals surface area contributed by atoms with Crippen LogP contribution in [0.2, 0.25) is 0 Å². The van der Waals surface area contributed by atoms with Crippen LogP contribution in [-0.4, -0.2) is 65.0 Å². The average molecular weight is 449 g/mol. The smallest absolute Gasteiger partial charge is 0.253 e. The number of hydrogen-bond donors (Lipinski definition) is 2. The Hall–Kier alpha value is -2.93. The van der Waals surface area contributed by atoms with E-state index in [1.807, 2.05) is 0 Å². The molecular formula is C26H36N6O. The second-order valence-corrected chi connectivity index (χ2v) is 8.94. The Morgan fingerprint density at radius 2 is 1.79 bits per heavy atom. The van der Waals surface area contributed by atoms with Gasteiger partial charge in [-0.15, -0.1) is 0 Å². The number of carbonyl (C=O) groups excluding carboxylic acids is 1. The van der Waals surface area contributed by atoms with Crippen molar-refractivity contribution >= 4 is 22.8 Å². The molecule has 1 saturated carbocycles. The number of carbonyl (C=O) groups is 1. The van der Waals surface area contributed by atoms with Crippen molar-refractivity contribution in [3.63, 3.8) is 0 Å². The van der Waals surface area contributed by atoms with E-state index in [0.29, 0.717) is 16.7 Å². The number of pyridine rings is 1. The van der Waals surface area contributed by atoms with Gasteiger partial charge in [0.2, 0.25) is 0 Å². The summed E-state index contributed by atoms with van der Waals surface area (Å²) in [5.74, 6) is 0.672. The third-order valence-electron chi connectivity index (χ3n) is 6.80. The lowest BCUT2D eigenvalue weighted by molar-refractivity contribution is 0.0929. The van der Waals surface area contributed by atoms with Gasteiger partial charge >= 0.3 is 0 Å². The largest absolute Gasteiger partial charge is 0.373 e. The van der Waals surface area contributed by atoms with Gasteiger partial charge in [-0.1, -0.05) is 33.1 Å². The Balaban J connectivity index is 1.48. The number of nitrogens with zero attached hydrogens (tertiary/aromatic N) is 4. The van der Waals surface area contributed by atoms with Gasteiger partial charge in [-0.2, -0.15) is 0 Å². The Morgan fingerprint density at radius 3 is 2.48 bits per heavy atom. The molecule has 1 aliphatic carbocycles. The quantitative estimate of drug-likeness (QED) is 0.505. The average Bonchev–Trinajstić information content (AvgIpc) is 3.30. The number of benzene rings is 1. The molecule has 0 atom stereocenters. The summed E-state index contributed by atoms with van der Waals surface area (Å²) in [6.07, 6.45) is 7.42. The summed E-state index contributed by atoms with van der Waals surface area (Å²) < 4.78 is 0. The molecule has 0 radical (unpaired) electrons. The van der Waals surface area contributed by atoms with Crippen molar-refractivity contribution < 1.29 is 4.79 Å². The van der Waals surface area contributed by atoms with Crippen LogP contribution in [0, 0.1) is 0 Å². The number of aromatic amines is 1. The van der Waals surface area contributed by atoms with Gasteiger partial charge in [0, 0.05) is 43.6 Å². The van der Waals surface area contributed by atoms with E-state index in [1.165, 1.54) is 24.9 Å². The molecule has 33 heavy (non-hydrogen) atoms. The zero-order valence-corrected chi connectivity index (χ0v) is 20.1. The van der Waals surface area contributed by atoms with Gasteiger partial charge in [0.25, 0.3) is 5.91 Å². The topological polar surface area (TPSA) is 77.2 Å². The third-order valence-corrected chi connectivity index (χ3v) is 6.80. The number of imidazole rings is 1. The Bertz CT molecular complexity index is 1050. The van der Waals surface area contributed by atoms with Gasteiger partial charge < -0.3 is 20.1 Å². The van der Waals surface area contributed by atoms with Gasteiger partial charge in [-0.05, 0) is 56.3 Å². The van der Waals surface area contributed by atoms with E-state index in [4.69, 9.17) is 4.98 Å². The molecular weight excluding hydrogens is 412 g/mol. The summed E-state index contributed by atoms with van der Waals surface area (Å²) in [6, 6.07) is 10.4. The Kier molecular flexibility index (Phi) is 7.60. The van der Waals surface area contributed by atoms with Crippen molar-refractivity contribution in [2.75, 3.05) is 38.1 Å². The summed E-state index contributed by atoms with van der Waals surface area (Å²) in [5.41, 5.74) is 4.00. The highest BCUT2D eigenvalue weighted by atomic mass is 16.1. The lowest BCUT2D eigenvalue weighted by Crippen LogP contribution is -2.36. The normalized spacial score (nSPS) is 14.7. The number of hydrogen-bond acceptors (Lipinski definition) is 5. The number of nitrogens with one attached hydrogen (secondary N) is 2. The van der Waals surface area contributed by atoms with E-state index in [2.05, 4.69) is 70.2 Å². The van der Waals surface area contributed by atoms with Gasteiger partial charge in [0.15, 0.2) is 5.65 Å². The molecule has 1 amide bonds. The fraction of sp³-hybridized carbons (Fsp3) is 0.500. The maximum atomic E-state index is 12.9. The highest BCUT2D eigenvalue weighted by molar-refractivity contribution is 6.04. The van der Waals surface area contributed by atoms with Crippen molar-refractivity contribution in [2.45, 2.75) is 52.0 Å². The first kappa shape index (κ1) is 23.2. The molecule has 1 aromatic carbocycles. The van der Waals surface area contributed by atoms with Crippen molar-refractivity contribution in [1.29, 1.82) is 0 Å². The molecule has 4 rings (SSSR count). The number of rotatable bonds is 9. The number of fused-ring (bicyclic) bond motifs is 1. The fourth-order valence-electron chi connectivity index (χ4n) is 4.57. The maximum Gasteiger partial charge on any atom is 0.253 e. The molecule has 3 aromatic rings. The lowest BCUT2D eigenvalue weighted by Gasteiger charge is -2.24. The van der Waals surface area contributed by atoms with E-state index in [1.54, 1.807) is 12.3 Å². The van der Waals surface area contributed by atoms with Crippen LogP contribution in [-0.2, 0) is 0 Å². The lowest BCUT2D eigenvalue weighted by atomic mass is 9.95. The van der Waals surface area contributed by atoms with Gasteiger partial charge in [-0.3, -0.25) is 4.79 Å². The molecule has 1 aliphatic rings. The SMILES string of the molecule is CCN(CC)CCN(C)c1ccc(-c2nc3c(C(=O)NC4CCCCC4)ccnc3[nH]2)cc1. The predicted octanol–water partition coefficient (Wildman–Crippen LogP) is 4.47. The molecule has 2 aromatic heterocycles. The van der Waals surface area contributed by atoms with Crippen LogP contribution < -0.4 is 10.2 Å². The van der Waals surface area contributed by atoms with Crippen LogP contribution in [0.3, 0.4) is 0 Å². The molecule has 0 bridgehead atoms. The monoisotopic (exact) mass is 448 g/mol. The molecule has 0 unspecified atom stereocenters. The molecule has 0 spiro atoms. The number of likely N-dealkylation sites (N-methyl/N-ethyl adjacent to an activating group) is 2. The molecule has 0 aliphatic heterocycles. The van der Waals surface area contributed by atoms with Crippen molar-refractivity contribution in [1.82, 2.24) is 25.2 Å². The molecule has 0 saturated heterocycles. The van der Waals surface area contributed by atoms with Gasteiger partial charge in [-0.25, -0.2) is 9.97 Å². The van der Waals surface area contributed by atoms with Crippen molar-refractivity contribution in [2.24, 2.45) is 0 Å². The Labute approximate surface area is 196 Å². The predicted molar refractivity (Wildman–Crippen MR) is 135 cm³/mol. The molecule has 7 nitrogen and oxygen atoms in total. The van der Waals surface area contributed by atoms with Crippen LogP contribution in [0.4, 0.5) is 5.69 Å². The summed E-state index contributed by atoms with van der Waals surface area (Å²) >= 11 is 0. The number of H-pyrrole nitrogens is 1. The molecule has 1 fully saturated rings. The highest BCUT2D eigenvalue weighted by Gasteiger charge is 2.20. The zero-order chi connectivity index (χ0) is 23.2. The summed E-state index contributed by atoms with van der Waals surface area (Å²) in [7, 11) is 2.13. The van der Waals surface area contributed by atoms with E-state index in [-0.39, 0.29) is 11.9 Å². The van der Waals surface area contributed by atoms with Crippen molar-refractivity contribution in [3.8, 4) is 11.4 Å². The van der Waals surface area contributed by atoms with Crippen LogP contribution >= 0.6 is 0 Å². The number of anilines is 1. The third kappa shape index (κ3) is 5.53. The molecule has 176 valence electrons. The molecule has 2 N–H and O–H groups in total. The first-order valence-electron chi connectivity index (χ1n) is 12.3. The van der Waals surface area contributed by atoms with E-state index in [0.717, 1.165) is 50.4 Å². The zero-order valence-electron chi connectivity index (χ0n) is 20.1. The number of aromatic nitrogens is 3. The van der Waals surface area contributed by atoms with Crippen LogP contribution in [0.15, 0.2) is 36.5 Å². The standard InChI is InChI=1S/C26H36N6O/c1-4-32(5-2)18-17-31(3)21-13-11-19(12-14-21)24-29-23-22(15-16-27-25(23)30-24)26(33)28-20-9-7-6-8-10-20/h11-16,20H,4-10,17-18H2,1-3H3,(H,28,33)(H,27,29,30). The van der Waals surface area contributed by atoms with E-state index in [9.17, 15) is 4.79 Å². The first-order chi connectivity index (χ1) is 16.1. The summed E-state index contributed by atoms with van der Waals surface area (Å²) in [6.45, 7) is 8.58. The molecule has 2 heterocycles. The first-order valence-corrected chi connectivity index (χ1v) is 12.3. The van der Waals surface area contributed by atoms with E-state index < -0.39 is 0 Å². The minimum atomic E-state index is -0.0578. The maximum absolute atomic E-state index is 12.9. The second-order valence-electron chi connectivity index (χ2n) is 8.94. The van der Waals surface area contributed by atoms with Gasteiger partial charge in [0.05, 0.1) is 5.56 Å². The number of amides is 1. The van der Waals surface area contributed by atoms with Crippen molar-refractivity contribution in [3.05, 3.63) is 42.1 Å². The molecule has 7 heteroatoms. The minimum absolute atomic E-state index is 0.0578. The summed E-state index contributed by atoms with van der Waals surface area (Å²) in [4.78, 5) is 30.1. The van der Waals surface area contributed by atoms with Crippen LogP contribution in [0.5, 0.6) is 0 Å². The second kappa shape index (κ2) is 10.8. The summed E-state index contributed by atoms with van der Waals surface area (Å²) in [5, 5.41) is 3.19. The fourth-order valence-corrected chi connectivity index (χ4v) is 4.57. The van der Waals surface area contributed by atoms with Crippen LogP contribution in [0.1, 0.15) is 56.3 Å². The van der Waals surface area contributed by atoms with Gasteiger partial charge in [0.1, 0.15) is 11.3 Å². The Morgan fingerprint density at radius 1 is 1.06 bits per heavy atom. The van der Waals surface area contributed by atoms with Crippen LogP contribution in [0.25, 0.3) is 22.6 Å². The van der Waals surface area contributed by atoms with E-state index >= 15 is 0 Å².